The number of nitrogens with one attached hydrogen (secondary N) is 1. The van der Waals surface area contributed by atoms with Gasteiger partial charge in [-0.05, 0) is 37.4 Å². The molecule has 4 nitrogen and oxygen atoms in total. The number of benzene rings is 1. The van der Waals surface area contributed by atoms with E-state index in [1.54, 1.807) is 12.1 Å². The first-order valence-corrected chi connectivity index (χ1v) is 8.20. The molecule has 0 amide bonds. The molecule has 0 bridgehead atoms. The highest BCUT2D eigenvalue weighted by atomic mass is 32.2. The largest absolute Gasteiger partial charge is 0.309 e. The molecule has 0 spiro atoms. The molecule has 1 aromatic rings. The molecule has 0 radical (unpaired) electrons. The zero-order valence-electron chi connectivity index (χ0n) is 10.6. The van der Waals surface area contributed by atoms with Gasteiger partial charge >= 0.3 is 0 Å². The lowest BCUT2D eigenvalue weighted by atomic mass is 9.95. The molecule has 5 heteroatoms. The fourth-order valence-electron chi connectivity index (χ4n) is 2.77. The van der Waals surface area contributed by atoms with Crippen LogP contribution >= 0.6 is 0 Å². The van der Waals surface area contributed by atoms with Crippen LogP contribution in [0.15, 0.2) is 29.2 Å². The van der Waals surface area contributed by atoms with E-state index in [2.05, 4.69) is 5.32 Å². The third-order valence-corrected chi connectivity index (χ3v) is 6.30. The Morgan fingerprint density at radius 3 is 2.58 bits per heavy atom. The highest BCUT2D eigenvalue weighted by molar-refractivity contribution is 7.92. The quantitative estimate of drug-likeness (QED) is 0.848. The summed E-state index contributed by atoms with van der Waals surface area (Å²) in [5.41, 5.74) is 0.754. The number of hydrogen-bond donors (Lipinski definition) is 1. The Balaban J connectivity index is 2.04. The van der Waals surface area contributed by atoms with Crippen LogP contribution in [0.1, 0.15) is 30.9 Å². The Morgan fingerprint density at radius 2 is 1.89 bits per heavy atom. The molecule has 2 unspecified atom stereocenters. The van der Waals surface area contributed by atoms with Crippen LogP contribution in [-0.2, 0) is 14.6 Å². The minimum absolute atomic E-state index is 0.129. The first-order valence-electron chi connectivity index (χ1n) is 6.66. The van der Waals surface area contributed by atoms with Crippen molar-refractivity contribution >= 4 is 16.1 Å². The fourth-order valence-corrected chi connectivity index (χ4v) is 4.67. The van der Waals surface area contributed by atoms with Gasteiger partial charge in [0, 0.05) is 12.0 Å². The monoisotopic (exact) mass is 279 g/mol. The lowest BCUT2D eigenvalue weighted by Crippen LogP contribution is -2.22. The van der Waals surface area contributed by atoms with E-state index in [1.807, 2.05) is 12.1 Å². The molecule has 2 aliphatic rings. The summed E-state index contributed by atoms with van der Waals surface area (Å²) in [6.45, 7) is 0.756. The van der Waals surface area contributed by atoms with Crippen LogP contribution < -0.4 is 5.32 Å². The van der Waals surface area contributed by atoms with Crippen molar-refractivity contribution in [3.05, 3.63) is 29.8 Å². The van der Waals surface area contributed by atoms with E-state index in [4.69, 9.17) is 0 Å². The van der Waals surface area contributed by atoms with Crippen molar-refractivity contribution in [3.8, 4) is 0 Å². The van der Waals surface area contributed by atoms with Gasteiger partial charge in [-0.1, -0.05) is 18.2 Å². The number of carbonyl (C=O) groups excluding carboxylic acids is 1. The fraction of sp³-hybridized carbons (Fsp3) is 0.500. The van der Waals surface area contributed by atoms with Gasteiger partial charge in [-0.15, -0.1) is 0 Å². The Hall–Kier alpha value is -1.20. The third kappa shape index (κ3) is 2.21. The molecule has 1 saturated heterocycles. The van der Waals surface area contributed by atoms with E-state index in [0.29, 0.717) is 4.90 Å². The van der Waals surface area contributed by atoms with Crippen LogP contribution in [-0.4, -0.2) is 26.5 Å². The first kappa shape index (κ1) is 12.8. The molecule has 1 aliphatic heterocycles. The summed E-state index contributed by atoms with van der Waals surface area (Å²) in [7, 11) is -3.22. The van der Waals surface area contributed by atoms with Crippen LogP contribution in [0.25, 0.3) is 0 Å². The van der Waals surface area contributed by atoms with Crippen LogP contribution in [0, 0.1) is 5.92 Å². The van der Waals surface area contributed by atoms with E-state index < -0.39 is 9.84 Å². The summed E-state index contributed by atoms with van der Waals surface area (Å²) < 4.78 is 24.9. The van der Waals surface area contributed by atoms with E-state index >= 15 is 0 Å². The van der Waals surface area contributed by atoms with Crippen LogP contribution in [0.2, 0.25) is 0 Å². The van der Waals surface area contributed by atoms with Gasteiger partial charge in [0.25, 0.3) is 0 Å². The van der Waals surface area contributed by atoms with Gasteiger partial charge in [-0.25, -0.2) is 8.42 Å². The van der Waals surface area contributed by atoms with Gasteiger partial charge in [0.05, 0.1) is 10.1 Å². The molecular weight excluding hydrogens is 262 g/mol. The van der Waals surface area contributed by atoms with Gasteiger partial charge in [0.2, 0.25) is 0 Å². The average Bonchev–Trinajstić information content (AvgIpc) is 3.18. The Labute approximate surface area is 113 Å². The minimum atomic E-state index is -3.22. The van der Waals surface area contributed by atoms with Crippen LogP contribution in [0.5, 0.6) is 0 Å². The summed E-state index contributed by atoms with van der Waals surface area (Å²) >= 11 is 0. The average molecular weight is 279 g/mol. The molecule has 1 aliphatic carbocycles. The van der Waals surface area contributed by atoms with Gasteiger partial charge in [0.15, 0.2) is 9.84 Å². The van der Waals surface area contributed by atoms with Crippen molar-refractivity contribution in [3.63, 3.8) is 0 Å². The molecule has 1 N–H and O–H groups in total. The third-order valence-electron chi connectivity index (χ3n) is 3.97. The summed E-state index contributed by atoms with van der Waals surface area (Å²) in [5, 5.41) is 3.03. The number of aldehydes is 1. The summed E-state index contributed by atoms with van der Waals surface area (Å²) in [5.74, 6) is -0.129. The predicted octanol–water partition coefficient (Wildman–Crippen LogP) is 1.47. The number of carbonyl (C=O) groups is 1. The summed E-state index contributed by atoms with van der Waals surface area (Å²) in [6.07, 6.45) is 3.22. The molecule has 0 aromatic heterocycles. The number of hydrogen-bond acceptors (Lipinski definition) is 4. The Morgan fingerprint density at radius 1 is 1.16 bits per heavy atom. The number of rotatable bonds is 4. The maximum Gasteiger partial charge on any atom is 0.181 e. The molecule has 1 saturated carbocycles. The first-order chi connectivity index (χ1) is 9.14. The van der Waals surface area contributed by atoms with Gasteiger partial charge in [-0.3, -0.25) is 0 Å². The second kappa shape index (κ2) is 4.72. The van der Waals surface area contributed by atoms with E-state index in [1.165, 1.54) is 0 Å². The number of sulfone groups is 1. The van der Waals surface area contributed by atoms with Gasteiger partial charge in [0.1, 0.15) is 6.29 Å². The summed E-state index contributed by atoms with van der Waals surface area (Å²) in [4.78, 5) is 11.5. The highest BCUT2D eigenvalue weighted by Gasteiger charge is 2.40. The van der Waals surface area contributed by atoms with Gasteiger partial charge in [-0.2, -0.15) is 0 Å². The van der Waals surface area contributed by atoms with Crippen molar-refractivity contribution in [1.82, 2.24) is 5.32 Å². The van der Waals surface area contributed by atoms with Crippen LogP contribution in [0.3, 0.4) is 0 Å². The zero-order valence-corrected chi connectivity index (χ0v) is 11.4. The second-order valence-electron chi connectivity index (χ2n) is 5.30. The molecule has 1 heterocycles. The van der Waals surface area contributed by atoms with Crippen molar-refractivity contribution < 1.29 is 13.2 Å². The van der Waals surface area contributed by atoms with Crippen molar-refractivity contribution in [2.75, 3.05) is 6.54 Å². The maximum absolute atomic E-state index is 12.5. The molecule has 3 rings (SSSR count). The van der Waals surface area contributed by atoms with Gasteiger partial charge < -0.3 is 10.1 Å². The van der Waals surface area contributed by atoms with Crippen LogP contribution in [0.4, 0.5) is 0 Å². The van der Waals surface area contributed by atoms with E-state index in [0.717, 1.165) is 37.7 Å². The molecule has 19 heavy (non-hydrogen) atoms. The van der Waals surface area contributed by atoms with Crippen molar-refractivity contribution in [2.45, 2.75) is 35.4 Å². The predicted molar refractivity (Wildman–Crippen MR) is 71.6 cm³/mol. The molecule has 2 fully saturated rings. The molecule has 1 aromatic carbocycles. The maximum atomic E-state index is 12.5. The molecule has 102 valence electrons. The van der Waals surface area contributed by atoms with Crippen molar-refractivity contribution in [1.29, 1.82) is 0 Å². The lowest BCUT2D eigenvalue weighted by molar-refractivity contribution is -0.111. The minimum Gasteiger partial charge on any atom is -0.309 e. The zero-order chi connectivity index (χ0) is 13.5. The molecule has 2 atom stereocenters. The standard InChI is InChI=1S/C14H17NO3S/c16-9-10-7-8-15-14(10)12-3-1-2-4-13(12)19(17,18)11-5-6-11/h1-4,9-11,14-15H,5-8H2. The normalized spacial score (nSPS) is 27.4. The molecular formula is C14H17NO3S. The van der Waals surface area contributed by atoms with E-state index in [9.17, 15) is 13.2 Å². The second-order valence-corrected chi connectivity index (χ2v) is 7.50. The smallest absolute Gasteiger partial charge is 0.181 e. The lowest BCUT2D eigenvalue weighted by Gasteiger charge is -2.19. The Bertz CT molecular complexity index is 592. The Kier molecular flexibility index (Phi) is 3.19. The van der Waals surface area contributed by atoms with Crippen molar-refractivity contribution in [2.24, 2.45) is 5.92 Å². The van der Waals surface area contributed by atoms with E-state index in [-0.39, 0.29) is 17.2 Å². The SMILES string of the molecule is O=CC1CCNC1c1ccccc1S(=O)(=O)C1CC1. The topological polar surface area (TPSA) is 63.2 Å². The summed E-state index contributed by atoms with van der Waals surface area (Å²) in [6, 6.07) is 6.93. The highest BCUT2D eigenvalue weighted by Crippen LogP contribution is 2.38.